The predicted molar refractivity (Wildman–Crippen MR) is 80.6 cm³/mol. The SMILES string of the molecule is Cc1nnc(C[C@@H]2CC[C@H](NS(=O)(=O)c3ccccc3F)C2)o1. The first-order chi connectivity index (χ1) is 10.9. The molecule has 3 rings (SSSR count). The van der Waals surface area contributed by atoms with E-state index in [1.807, 2.05) is 0 Å². The Hall–Kier alpha value is -1.80. The number of aryl methyl sites for hydroxylation is 1. The van der Waals surface area contributed by atoms with Gasteiger partial charge in [-0.05, 0) is 37.3 Å². The maximum atomic E-state index is 13.7. The molecule has 1 heterocycles. The summed E-state index contributed by atoms with van der Waals surface area (Å²) in [5, 5.41) is 7.75. The summed E-state index contributed by atoms with van der Waals surface area (Å²) < 4.78 is 46.2. The van der Waals surface area contributed by atoms with Crippen LogP contribution in [0.15, 0.2) is 33.6 Å². The summed E-state index contributed by atoms with van der Waals surface area (Å²) >= 11 is 0. The molecule has 1 saturated carbocycles. The molecule has 0 spiro atoms. The van der Waals surface area contributed by atoms with E-state index in [1.165, 1.54) is 18.2 Å². The summed E-state index contributed by atoms with van der Waals surface area (Å²) in [5.74, 6) is 0.638. The topological polar surface area (TPSA) is 85.1 Å². The van der Waals surface area contributed by atoms with Crippen molar-refractivity contribution in [3.63, 3.8) is 0 Å². The molecule has 0 amide bonds. The first kappa shape index (κ1) is 16.1. The van der Waals surface area contributed by atoms with Crippen molar-refractivity contribution in [1.29, 1.82) is 0 Å². The lowest BCUT2D eigenvalue weighted by atomic mass is 10.0. The second-order valence-electron chi connectivity index (χ2n) is 5.85. The largest absolute Gasteiger partial charge is 0.426 e. The number of sulfonamides is 1. The van der Waals surface area contributed by atoms with E-state index in [-0.39, 0.29) is 16.9 Å². The lowest BCUT2D eigenvalue weighted by Gasteiger charge is -2.13. The first-order valence-electron chi connectivity index (χ1n) is 7.50. The van der Waals surface area contributed by atoms with Crippen molar-refractivity contribution in [2.24, 2.45) is 5.92 Å². The molecule has 1 aromatic heterocycles. The molecule has 6 nitrogen and oxygen atoms in total. The van der Waals surface area contributed by atoms with Crippen LogP contribution in [0.4, 0.5) is 4.39 Å². The lowest BCUT2D eigenvalue weighted by molar-refractivity contribution is 0.413. The Balaban J connectivity index is 1.62. The average Bonchev–Trinajstić information content (AvgIpc) is 3.08. The van der Waals surface area contributed by atoms with Crippen LogP contribution < -0.4 is 4.72 Å². The number of benzene rings is 1. The van der Waals surface area contributed by atoms with E-state index < -0.39 is 15.8 Å². The number of aromatic nitrogens is 2. The van der Waals surface area contributed by atoms with Crippen LogP contribution in [0.2, 0.25) is 0 Å². The Kier molecular flexibility index (Phi) is 4.45. The monoisotopic (exact) mass is 339 g/mol. The molecular formula is C15H18FN3O3S. The number of nitrogens with zero attached hydrogens (tertiary/aromatic N) is 2. The van der Waals surface area contributed by atoms with Crippen LogP contribution >= 0.6 is 0 Å². The van der Waals surface area contributed by atoms with Gasteiger partial charge in [0, 0.05) is 19.4 Å². The van der Waals surface area contributed by atoms with Crippen molar-refractivity contribution in [3.05, 3.63) is 41.9 Å². The van der Waals surface area contributed by atoms with Gasteiger partial charge in [0.2, 0.25) is 21.8 Å². The van der Waals surface area contributed by atoms with Gasteiger partial charge in [-0.25, -0.2) is 17.5 Å². The molecule has 0 aliphatic heterocycles. The third-order valence-electron chi connectivity index (χ3n) is 4.02. The molecule has 1 aliphatic rings. The molecule has 1 N–H and O–H groups in total. The van der Waals surface area contributed by atoms with Crippen LogP contribution in [0, 0.1) is 18.7 Å². The predicted octanol–water partition coefficient (Wildman–Crippen LogP) is 2.21. The van der Waals surface area contributed by atoms with E-state index in [9.17, 15) is 12.8 Å². The van der Waals surface area contributed by atoms with Gasteiger partial charge in [0.25, 0.3) is 0 Å². The van der Waals surface area contributed by atoms with Crippen LogP contribution in [-0.2, 0) is 16.4 Å². The van der Waals surface area contributed by atoms with Gasteiger partial charge in [-0.1, -0.05) is 12.1 Å². The molecule has 2 atom stereocenters. The van der Waals surface area contributed by atoms with Crippen LogP contribution in [0.5, 0.6) is 0 Å². The van der Waals surface area contributed by atoms with Crippen LogP contribution in [0.1, 0.15) is 31.0 Å². The maximum Gasteiger partial charge on any atom is 0.243 e. The minimum absolute atomic E-state index is 0.200. The Morgan fingerprint density at radius 1 is 1.30 bits per heavy atom. The quantitative estimate of drug-likeness (QED) is 0.903. The molecule has 1 aromatic carbocycles. The summed E-state index contributed by atoms with van der Waals surface area (Å²) in [6, 6.07) is 5.18. The zero-order chi connectivity index (χ0) is 16.4. The molecule has 1 aliphatic carbocycles. The highest BCUT2D eigenvalue weighted by Crippen LogP contribution is 2.29. The molecule has 0 unspecified atom stereocenters. The van der Waals surface area contributed by atoms with Crippen LogP contribution in [-0.4, -0.2) is 24.7 Å². The van der Waals surface area contributed by atoms with Crippen molar-refractivity contribution >= 4 is 10.0 Å². The number of hydrogen-bond acceptors (Lipinski definition) is 5. The molecule has 124 valence electrons. The van der Waals surface area contributed by atoms with E-state index in [2.05, 4.69) is 14.9 Å². The molecule has 0 saturated heterocycles. The minimum atomic E-state index is -3.84. The highest BCUT2D eigenvalue weighted by molar-refractivity contribution is 7.89. The number of rotatable bonds is 5. The van der Waals surface area contributed by atoms with E-state index in [0.29, 0.717) is 31.0 Å². The molecule has 1 fully saturated rings. The zero-order valence-corrected chi connectivity index (χ0v) is 13.5. The lowest BCUT2D eigenvalue weighted by Crippen LogP contribution is -2.33. The van der Waals surface area contributed by atoms with E-state index >= 15 is 0 Å². The van der Waals surface area contributed by atoms with Gasteiger partial charge in [-0.3, -0.25) is 0 Å². The Morgan fingerprint density at radius 3 is 2.78 bits per heavy atom. The van der Waals surface area contributed by atoms with Crippen molar-refractivity contribution < 1.29 is 17.2 Å². The van der Waals surface area contributed by atoms with E-state index in [1.54, 1.807) is 6.92 Å². The fourth-order valence-electron chi connectivity index (χ4n) is 2.98. The Labute approximate surface area is 134 Å². The third kappa shape index (κ3) is 3.76. The molecule has 8 heteroatoms. The number of halogens is 1. The molecule has 2 aromatic rings. The van der Waals surface area contributed by atoms with Gasteiger partial charge in [0.05, 0.1) is 0 Å². The minimum Gasteiger partial charge on any atom is -0.426 e. The van der Waals surface area contributed by atoms with Gasteiger partial charge in [0.15, 0.2) is 0 Å². The second kappa shape index (κ2) is 6.37. The third-order valence-corrected chi connectivity index (χ3v) is 5.57. The van der Waals surface area contributed by atoms with Gasteiger partial charge in [-0.2, -0.15) is 0 Å². The van der Waals surface area contributed by atoms with Gasteiger partial charge in [0.1, 0.15) is 10.7 Å². The molecular weight excluding hydrogens is 321 g/mol. The standard InChI is InChI=1S/C15H18FN3O3S/c1-10-17-18-15(22-10)9-11-6-7-12(8-11)19-23(20,21)14-5-3-2-4-13(14)16/h2-5,11-12,19H,6-9H2,1H3/t11-,12+/m1/s1. The normalized spacial score (nSPS) is 21.7. The van der Waals surface area contributed by atoms with Gasteiger partial charge in [-0.15, -0.1) is 10.2 Å². The first-order valence-corrected chi connectivity index (χ1v) is 8.98. The van der Waals surface area contributed by atoms with E-state index in [4.69, 9.17) is 4.42 Å². The molecule has 0 radical (unpaired) electrons. The van der Waals surface area contributed by atoms with Crippen molar-refractivity contribution in [2.75, 3.05) is 0 Å². The highest BCUT2D eigenvalue weighted by Gasteiger charge is 2.30. The van der Waals surface area contributed by atoms with Crippen LogP contribution in [0.3, 0.4) is 0 Å². The maximum absolute atomic E-state index is 13.7. The fraction of sp³-hybridized carbons (Fsp3) is 0.467. The van der Waals surface area contributed by atoms with Gasteiger partial charge < -0.3 is 4.42 Å². The molecule has 23 heavy (non-hydrogen) atoms. The van der Waals surface area contributed by atoms with Gasteiger partial charge >= 0.3 is 0 Å². The summed E-state index contributed by atoms with van der Waals surface area (Å²) in [6.45, 7) is 1.73. The number of hydrogen-bond donors (Lipinski definition) is 1. The van der Waals surface area contributed by atoms with Crippen molar-refractivity contribution in [2.45, 2.75) is 43.5 Å². The summed E-state index contributed by atoms with van der Waals surface area (Å²) in [6.07, 6.45) is 2.89. The fourth-order valence-corrected chi connectivity index (χ4v) is 4.34. The highest BCUT2D eigenvalue weighted by atomic mass is 32.2. The summed E-state index contributed by atoms with van der Waals surface area (Å²) in [7, 11) is -3.84. The number of nitrogens with one attached hydrogen (secondary N) is 1. The average molecular weight is 339 g/mol. The Bertz CT molecular complexity index is 791. The smallest absolute Gasteiger partial charge is 0.243 e. The van der Waals surface area contributed by atoms with Crippen molar-refractivity contribution in [1.82, 2.24) is 14.9 Å². The zero-order valence-electron chi connectivity index (χ0n) is 12.7. The summed E-state index contributed by atoms with van der Waals surface area (Å²) in [5.41, 5.74) is 0. The summed E-state index contributed by atoms with van der Waals surface area (Å²) in [4.78, 5) is -0.309. The van der Waals surface area contributed by atoms with Crippen molar-refractivity contribution in [3.8, 4) is 0 Å². The second-order valence-corrected chi connectivity index (χ2v) is 7.53. The van der Waals surface area contributed by atoms with E-state index in [0.717, 1.165) is 12.5 Å². The molecule has 0 bridgehead atoms. The van der Waals surface area contributed by atoms with Crippen LogP contribution in [0.25, 0.3) is 0 Å². The Morgan fingerprint density at radius 2 is 2.09 bits per heavy atom.